The summed E-state index contributed by atoms with van der Waals surface area (Å²) in [7, 11) is 0. The highest BCUT2D eigenvalue weighted by molar-refractivity contribution is 6.17. The minimum atomic E-state index is 0.213. The Balaban J connectivity index is 1.38. The van der Waals surface area contributed by atoms with Gasteiger partial charge in [0.15, 0.2) is 0 Å². The van der Waals surface area contributed by atoms with Crippen LogP contribution in [0.15, 0.2) is 138 Å². The van der Waals surface area contributed by atoms with Crippen LogP contribution in [0.3, 0.4) is 0 Å². The molecule has 1 aliphatic carbocycles. The molecule has 7 aromatic rings. The lowest BCUT2D eigenvalue weighted by Crippen LogP contribution is -2.28. The van der Waals surface area contributed by atoms with Gasteiger partial charge >= 0.3 is 0 Å². The van der Waals surface area contributed by atoms with Crippen molar-refractivity contribution in [2.75, 3.05) is 4.90 Å². The van der Waals surface area contributed by atoms with Crippen LogP contribution in [-0.4, -0.2) is 10.6 Å². The van der Waals surface area contributed by atoms with Gasteiger partial charge in [0, 0.05) is 38.8 Å². The van der Waals surface area contributed by atoms with Crippen molar-refractivity contribution < 1.29 is 4.42 Å². The predicted molar refractivity (Wildman–Crippen MR) is 161 cm³/mol. The van der Waals surface area contributed by atoms with E-state index < -0.39 is 0 Å². The molecule has 0 spiro atoms. The predicted octanol–water partition coefficient (Wildman–Crippen LogP) is 9.41. The molecule has 0 amide bonds. The summed E-state index contributed by atoms with van der Waals surface area (Å²) in [5.74, 6) is 0.296. The van der Waals surface area contributed by atoms with Gasteiger partial charge in [-0.05, 0) is 54.1 Å². The van der Waals surface area contributed by atoms with Gasteiger partial charge in [0.2, 0.25) is 0 Å². The normalized spacial score (nSPS) is 18.0. The van der Waals surface area contributed by atoms with E-state index in [4.69, 9.17) is 4.42 Å². The van der Waals surface area contributed by atoms with Crippen LogP contribution in [0.25, 0.3) is 49.4 Å². The van der Waals surface area contributed by atoms with E-state index in [1.807, 2.05) is 12.1 Å². The molecule has 3 nitrogen and oxygen atoms in total. The van der Waals surface area contributed by atoms with Gasteiger partial charge in [0.25, 0.3) is 0 Å². The van der Waals surface area contributed by atoms with Crippen molar-refractivity contribution in [2.45, 2.75) is 12.0 Å². The van der Waals surface area contributed by atoms with E-state index in [-0.39, 0.29) is 6.04 Å². The first-order valence-electron chi connectivity index (χ1n) is 13.5. The lowest BCUT2D eigenvalue weighted by atomic mass is 9.91. The lowest BCUT2D eigenvalue weighted by molar-refractivity contribution is 0.669. The largest absolute Gasteiger partial charge is 0.456 e. The number of nitrogens with zero attached hydrogens (tertiary/aromatic N) is 2. The molecule has 0 radical (unpaired) electrons. The van der Waals surface area contributed by atoms with Crippen LogP contribution in [-0.2, 0) is 0 Å². The number of allylic oxidation sites excluding steroid dienone is 2. The number of hydrogen-bond acceptors (Lipinski definition) is 2. The molecular weight excluding hydrogens is 476 g/mol. The first-order valence-corrected chi connectivity index (χ1v) is 13.5. The third-order valence-corrected chi connectivity index (χ3v) is 8.50. The minimum Gasteiger partial charge on any atom is -0.456 e. The maximum Gasteiger partial charge on any atom is 0.135 e. The fraction of sp³-hybridized carbons (Fsp3) is 0.0556. The molecule has 5 aromatic carbocycles. The first-order chi connectivity index (χ1) is 19.4. The SMILES string of the molecule is C1=CC2c3ccc4c(c3N(c3ccc5oc6ccccc6c5c3)C2C=C1)c1ccccc1n4-c1ccccc1. The molecule has 0 saturated heterocycles. The van der Waals surface area contributed by atoms with Crippen molar-refractivity contribution in [1.82, 2.24) is 4.57 Å². The Labute approximate surface area is 225 Å². The van der Waals surface area contributed by atoms with Crippen LogP contribution in [0.4, 0.5) is 11.4 Å². The number of hydrogen-bond donors (Lipinski definition) is 0. The van der Waals surface area contributed by atoms with Crippen LogP contribution >= 0.6 is 0 Å². The summed E-state index contributed by atoms with van der Waals surface area (Å²) in [6.45, 7) is 0. The van der Waals surface area contributed by atoms with Crippen molar-refractivity contribution in [3.05, 3.63) is 139 Å². The molecule has 0 bridgehead atoms. The van der Waals surface area contributed by atoms with Crippen LogP contribution in [0.5, 0.6) is 0 Å². The third-order valence-electron chi connectivity index (χ3n) is 8.50. The van der Waals surface area contributed by atoms with Crippen molar-refractivity contribution in [2.24, 2.45) is 0 Å². The van der Waals surface area contributed by atoms with E-state index in [9.17, 15) is 0 Å². The Morgan fingerprint density at radius 3 is 2.26 bits per heavy atom. The van der Waals surface area contributed by atoms with Crippen LogP contribution in [0, 0.1) is 0 Å². The highest BCUT2D eigenvalue weighted by Gasteiger charge is 2.39. The van der Waals surface area contributed by atoms with Crippen LogP contribution < -0.4 is 4.90 Å². The Kier molecular flexibility index (Phi) is 4.17. The van der Waals surface area contributed by atoms with Crippen molar-refractivity contribution in [3.8, 4) is 5.69 Å². The molecule has 1 aliphatic heterocycles. The summed E-state index contributed by atoms with van der Waals surface area (Å²) in [4.78, 5) is 2.56. The van der Waals surface area contributed by atoms with E-state index in [2.05, 4.69) is 131 Å². The summed E-state index contributed by atoms with van der Waals surface area (Å²) in [5, 5.41) is 4.89. The van der Waals surface area contributed by atoms with E-state index in [1.165, 1.54) is 44.4 Å². The molecule has 3 heteroatoms. The molecule has 0 saturated carbocycles. The zero-order chi connectivity index (χ0) is 25.5. The Morgan fingerprint density at radius 2 is 1.33 bits per heavy atom. The van der Waals surface area contributed by atoms with Gasteiger partial charge in [-0.3, -0.25) is 0 Å². The number of anilines is 2. The van der Waals surface area contributed by atoms with Gasteiger partial charge in [-0.15, -0.1) is 0 Å². The van der Waals surface area contributed by atoms with E-state index in [1.54, 1.807) is 0 Å². The Hall–Kier alpha value is -5.02. The summed E-state index contributed by atoms with van der Waals surface area (Å²) in [6.07, 6.45) is 9.09. The third kappa shape index (κ3) is 2.82. The number of fused-ring (bicyclic) bond motifs is 10. The molecule has 39 heavy (non-hydrogen) atoms. The van der Waals surface area contributed by atoms with Crippen molar-refractivity contribution in [3.63, 3.8) is 0 Å². The van der Waals surface area contributed by atoms with Crippen molar-refractivity contribution in [1.29, 1.82) is 0 Å². The van der Waals surface area contributed by atoms with Gasteiger partial charge < -0.3 is 13.9 Å². The van der Waals surface area contributed by atoms with Crippen LogP contribution in [0.1, 0.15) is 11.5 Å². The average molecular weight is 501 g/mol. The zero-order valence-corrected chi connectivity index (χ0v) is 21.2. The molecule has 9 rings (SSSR count). The maximum absolute atomic E-state index is 6.18. The number of furan rings is 1. The molecular formula is C36H24N2O. The van der Waals surface area contributed by atoms with E-state index in [0.29, 0.717) is 5.92 Å². The lowest BCUT2D eigenvalue weighted by Gasteiger charge is -2.29. The second-order valence-electron chi connectivity index (χ2n) is 10.5. The van der Waals surface area contributed by atoms with Gasteiger partial charge in [0.1, 0.15) is 11.2 Å². The van der Waals surface area contributed by atoms with Crippen molar-refractivity contribution >= 4 is 55.1 Å². The Morgan fingerprint density at radius 1 is 0.564 bits per heavy atom. The number of benzene rings is 5. The molecule has 0 fully saturated rings. The first kappa shape index (κ1) is 21.0. The van der Waals surface area contributed by atoms with Gasteiger partial charge in [0.05, 0.1) is 22.8 Å². The average Bonchev–Trinajstić information content (AvgIpc) is 3.64. The number of para-hydroxylation sites is 3. The van der Waals surface area contributed by atoms with Gasteiger partial charge in [-0.25, -0.2) is 0 Å². The fourth-order valence-electron chi connectivity index (χ4n) is 6.89. The quantitative estimate of drug-likeness (QED) is 0.236. The molecule has 2 atom stereocenters. The van der Waals surface area contributed by atoms with Crippen LogP contribution in [0.2, 0.25) is 0 Å². The smallest absolute Gasteiger partial charge is 0.135 e. The zero-order valence-electron chi connectivity index (χ0n) is 21.2. The summed E-state index contributed by atoms with van der Waals surface area (Å²) in [6, 6.07) is 39.4. The monoisotopic (exact) mass is 500 g/mol. The molecule has 0 N–H and O–H groups in total. The fourth-order valence-corrected chi connectivity index (χ4v) is 6.89. The summed E-state index contributed by atoms with van der Waals surface area (Å²) < 4.78 is 8.59. The molecule has 2 aromatic heterocycles. The Bertz CT molecular complexity index is 2140. The topological polar surface area (TPSA) is 21.3 Å². The molecule has 184 valence electrons. The number of rotatable bonds is 2. The standard InChI is InChI=1S/C36H24N2O/c1-2-10-23(11-3-1)37-31-16-8-5-14-28(31)35-32(37)20-19-27-25-12-4-7-15-30(25)38(36(27)35)24-18-21-34-29(22-24)26-13-6-9-17-33(26)39-34/h1-22,25,30H. The molecule has 3 heterocycles. The van der Waals surface area contributed by atoms with Gasteiger partial charge in [-0.1, -0.05) is 85.0 Å². The van der Waals surface area contributed by atoms with Gasteiger partial charge in [-0.2, -0.15) is 0 Å². The molecule has 2 unspecified atom stereocenters. The maximum atomic E-state index is 6.18. The van der Waals surface area contributed by atoms with E-state index >= 15 is 0 Å². The minimum absolute atomic E-state index is 0.213. The summed E-state index contributed by atoms with van der Waals surface area (Å²) in [5.41, 5.74) is 9.35. The summed E-state index contributed by atoms with van der Waals surface area (Å²) >= 11 is 0. The number of aromatic nitrogens is 1. The van der Waals surface area contributed by atoms with E-state index in [0.717, 1.165) is 21.9 Å². The highest BCUT2D eigenvalue weighted by Crippen LogP contribution is 2.53. The second-order valence-corrected chi connectivity index (χ2v) is 10.5. The second kappa shape index (κ2) is 7.75. The molecule has 2 aliphatic rings. The highest BCUT2D eigenvalue weighted by atomic mass is 16.3.